The third-order valence-electron chi connectivity index (χ3n) is 4.58. The van der Waals surface area contributed by atoms with Gasteiger partial charge in [-0.3, -0.25) is 4.98 Å². The molecule has 2 aliphatic rings. The molecule has 0 spiro atoms. The Morgan fingerprint density at radius 1 is 1.22 bits per heavy atom. The van der Waals surface area contributed by atoms with E-state index in [1.807, 2.05) is 12.4 Å². The van der Waals surface area contributed by atoms with E-state index in [4.69, 9.17) is 11.6 Å². The van der Waals surface area contributed by atoms with E-state index in [1.165, 1.54) is 56.3 Å². The Morgan fingerprint density at radius 2 is 2.06 bits per heavy atom. The fourth-order valence-corrected chi connectivity index (χ4v) is 3.94. The van der Waals surface area contributed by atoms with Crippen LogP contribution < -0.4 is 4.90 Å². The first-order chi connectivity index (χ1) is 8.90. The topological polar surface area (TPSA) is 16.1 Å². The number of pyridine rings is 1. The molecule has 0 aromatic carbocycles. The van der Waals surface area contributed by atoms with E-state index in [1.54, 1.807) is 0 Å². The lowest BCUT2D eigenvalue weighted by Crippen LogP contribution is -2.47. The van der Waals surface area contributed by atoms with Crippen LogP contribution >= 0.6 is 11.6 Å². The van der Waals surface area contributed by atoms with Crippen LogP contribution in [0.3, 0.4) is 0 Å². The average molecular weight is 265 g/mol. The molecule has 2 nitrogen and oxygen atoms in total. The van der Waals surface area contributed by atoms with Crippen LogP contribution in [0.1, 0.15) is 44.1 Å². The molecule has 1 aromatic rings. The molecule has 1 saturated heterocycles. The highest BCUT2D eigenvalue weighted by molar-refractivity contribution is 6.17. The quantitative estimate of drug-likeness (QED) is 0.751. The first kappa shape index (κ1) is 12.3. The van der Waals surface area contributed by atoms with Gasteiger partial charge in [-0.15, -0.1) is 11.6 Å². The Labute approximate surface area is 114 Å². The van der Waals surface area contributed by atoms with Crippen LogP contribution in [0.25, 0.3) is 0 Å². The van der Waals surface area contributed by atoms with Gasteiger partial charge in [0.05, 0.1) is 11.9 Å². The maximum atomic E-state index is 6.07. The minimum Gasteiger partial charge on any atom is -0.367 e. The summed E-state index contributed by atoms with van der Waals surface area (Å²) in [5.41, 5.74) is 2.52. The second kappa shape index (κ2) is 5.48. The van der Waals surface area contributed by atoms with Gasteiger partial charge in [0, 0.05) is 24.7 Å². The molecule has 1 aliphatic heterocycles. The summed E-state index contributed by atoms with van der Waals surface area (Å²) in [4.78, 5) is 6.90. The number of piperidine rings is 1. The molecule has 18 heavy (non-hydrogen) atoms. The van der Waals surface area contributed by atoms with Crippen molar-refractivity contribution in [2.24, 2.45) is 5.92 Å². The first-order valence-electron chi connectivity index (χ1n) is 7.15. The molecule has 0 N–H and O–H groups in total. The van der Waals surface area contributed by atoms with Crippen molar-refractivity contribution in [3.63, 3.8) is 0 Å². The second-order valence-electron chi connectivity index (χ2n) is 5.59. The van der Waals surface area contributed by atoms with Crippen molar-refractivity contribution in [2.75, 3.05) is 11.4 Å². The van der Waals surface area contributed by atoms with Crippen LogP contribution in [-0.2, 0) is 5.88 Å². The highest BCUT2D eigenvalue weighted by atomic mass is 35.5. The fourth-order valence-electron chi connectivity index (χ4n) is 3.71. The van der Waals surface area contributed by atoms with Crippen molar-refractivity contribution in [2.45, 2.75) is 50.4 Å². The Bertz CT molecular complexity index is 405. The molecule has 3 heteroatoms. The summed E-state index contributed by atoms with van der Waals surface area (Å²) in [6.07, 6.45) is 12.2. The van der Waals surface area contributed by atoms with Crippen molar-refractivity contribution in [3.05, 3.63) is 24.0 Å². The zero-order valence-electron chi connectivity index (χ0n) is 10.8. The van der Waals surface area contributed by atoms with E-state index >= 15 is 0 Å². The van der Waals surface area contributed by atoms with Crippen LogP contribution in [-0.4, -0.2) is 17.6 Å². The lowest BCUT2D eigenvalue weighted by molar-refractivity contribution is 0.243. The van der Waals surface area contributed by atoms with Gasteiger partial charge in [-0.05, 0) is 43.2 Å². The molecule has 0 bridgehead atoms. The number of nitrogens with zero attached hydrogens (tertiary/aromatic N) is 2. The van der Waals surface area contributed by atoms with Gasteiger partial charge in [0.25, 0.3) is 0 Å². The van der Waals surface area contributed by atoms with E-state index in [-0.39, 0.29) is 0 Å². The van der Waals surface area contributed by atoms with Gasteiger partial charge in [0.15, 0.2) is 0 Å². The average Bonchev–Trinajstić information content (AvgIpc) is 2.46. The normalized spacial score (nSPS) is 27.9. The van der Waals surface area contributed by atoms with Crippen molar-refractivity contribution < 1.29 is 0 Å². The summed E-state index contributed by atoms with van der Waals surface area (Å²) in [6.45, 7) is 1.18. The van der Waals surface area contributed by atoms with Gasteiger partial charge < -0.3 is 4.90 Å². The summed E-state index contributed by atoms with van der Waals surface area (Å²) in [5.74, 6) is 1.49. The monoisotopic (exact) mass is 264 g/mol. The van der Waals surface area contributed by atoms with Crippen LogP contribution in [0.5, 0.6) is 0 Å². The summed E-state index contributed by atoms with van der Waals surface area (Å²) < 4.78 is 0. The Balaban J connectivity index is 1.89. The number of aromatic nitrogens is 1. The second-order valence-corrected chi connectivity index (χ2v) is 5.85. The first-order valence-corrected chi connectivity index (χ1v) is 7.69. The molecule has 1 saturated carbocycles. The number of rotatable bonds is 2. The Kier molecular flexibility index (Phi) is 3.74. The van der Waals surface area contributed by atoms with Crippen LogP contribution in [0.4, 0.5) is 5.69 Å². The molecular formula is C15H21ClN2. The van der Waals surface area contributed by atoms with Crippen molar-refractivity contribution in [1.29, 1.82) is 0 Å². The van der Waals surface area contributed by atoms with Gasteiger partial charge in [-0.25, -0.2) is 0 Å². The zero-order valence-corrected chi connectivity index (χ0v) is 11.6. The molecule has 0 radical (unpaired) electrons. The number of fused-ring (bicyclic) bond motifs is 1. The van der Waals surface area contributed by atoms with Crippen LogP contribution in [0.15, 0.2) is 18.5 Å². The van der Waals surface area contributed by atoms with E-state index in [9.17, 15) is 0 Å². The molecule has 2 heterocycles. The standard InChI is InChI=1S/C15H21ClN2/c16-10-13-7-8-17-11-15(13)18-9-3-5-12-4-1-2-6-14(12)18/h7-8,11-12,14H,1-6,9-10H2. The van der Waals surface area contributed by atoms with Gasteiger partial charge in [0.2, 0.25) is 0 Å². The van der Waals surface area contributed by atoms with Crippen LogP contribution in [0, 0.1) is 5.92 Å². The zero-order chi connectivity index (χ0) is 12.4. The Morgan fingerprint density at radius 3 is 2.94 bits per heavy atom. The Hall–Kier alpha value is -0.760. The molecule has 2 atom stereocenters. The molecule has 0 amide bonds. The summed E-state index contributed by atoms with van der Waals surface area (Å²) >= 11 is 6.07. The van der Waals surface area contributed by atoms with E-state index in [0.717, 1.165) is 12.0 Å². The van der Waals surface area contributed by atoms with E-state index < -0.39 is 0 Å². The van der Waals surface area contributed by atoms with Crippen molar-refractivity contribution in [3.8, 4) is 0 Å². The van der Waals surface area contributed by atoms with E-state index in [2.05, 4.69) is 16.0 Å². The molecule has 1 aliphatic carbocycles. The minimum atomic E-state index is 0.589. The number of halogens is 1. The maximum absolute atomic E-state index is 6.07. The third kappa shape index (κ3) is 2.23. The molecule has 2 fully saturated rings. The van der Waals surface area contributed by atoms with Crippen LogP contribution in [0.2, 0.25) is 0 Å². The highest BCUT2D eigenvalue weighted by Crippen LogP contribution is 2.38. The summed E-state index contributed by atoms with van der Waals surface area (Å²) in [7, 11) is 0. The number of hydrogen-bond acceptors (Lipinski definition) is 2. The molecule has 1 aromatic heterocycles. The van der Waals surface area contributed by atoms with Crippen molar-refractivity contribution in [1.82, 2.24) is 4.98 Å². The lowest BCUT2D eigenvalue weighted by Gasteiger charge is -2.45. The molecule has 3 rings (SSSR count). The predicted molar refractivity (Wildman–Crippen MR) is 76.1 cm³/mol. The minimum absolute atomic E-state index is 0.589. The van der Waals surface area contributed by atoms with Gasteiger partial charge >= 0.3 is 0 Å². The number of anilines is 1. The smallest absolute Gasteiger partial charge is 0.0600 e. The molecule has 2 unspecified atom stereocenters. The SMILES string of the molecule is ClCc1ccncc1N1CCCC2CCCCC21. The van der Waals surface area contributed by atoms with E-state index in [0.29, 0.717) is 5.88 Å². The third-order valence-corrected chi connectivity index (χ3v) is 4.87. The predicted octanol–water partition coefficient (Wildman–Crippen LogP) is 3.98. The fraction of sp³-hybridized carbons (Fsp3) is 0.667. The maximum Gasteiger partial charge on any atom is 0.0600 e. The van der Waals surface area contributed by atoms with Crippen molar-refractivity contribution >= 4 is 17.3 Å². The molecular weight excluding hydrogens is 244 g/mol. The van der Waals surface area contributed by atoms with Gasteiger partial charge in [-0.1, -0.05) is 12.8 Å². The van der Waals surface area contributed by atoms with Gasteiger partial charge in [0.1, 0.15) is 0 Å². The highest BCUT2D eigenvalue weighted by Gasteiger charge is 2.33. The summed E-state index contributed by atoms with van der Waals surface area (Å²) in [6, 6.07) is 2.80. The number of hydrogen-bond donors (Lipinski definition) is 0. The van der Waals surface area contributed by atoms with Gasteiger partial charge in [-0.2, -0.15) is 0 Å². The largest absolute Gasteiger partial charge is 0.367 e. The number of alkyl halides is 1. The molecule has 98 valence electrons. The lowest BCUT2D eigenvalue weighted by atomic mass is 9.78. The summed E-state index contributed by atoms with van der Waals surface area (Å²) in [5, 5.41) is 0.